The average Bonchev–Trinajstić information content (AvgIpc) is 2.42. The van der Waals surface area contributed by atoms with Gasteiger partial charge in [-0.1, -0.05) is 26.7 Å². The van der Waals surface area contributed by atoms with Crippen LogP contribution in [-0.2, 0) is 0 Å². The number of hydrogen-bond acceptors (Lipinski definition) is 2. The number of rotatable bonds is 10. The third-order valence-electron chi connectivity index (χ3n) is 4.65. The van der Waals surface area contributed by atoms with E-state index in [0.717, 1.165) is 12.0 Å². The average molecular weight is 268 g/mol. The number of nitrogens with one attached hydrogen (secondary N) is 1. The summed E-state index contributed by atoms with van der Waals surface area (Å²) in [6.07, 6.45) is 12.5. The van der Waals surface area contributed by atoms with Gasteiger partial charge in [0.1, 0.15) is 0 Å². The maximum Gasteiger partial charge on any atom is 0.00924 e. The maximum absolute atomic E-state index is 3.48. The molecule has 1 fully saturated rings. The fraction of sp³-hybridized carbons (Fsp3) is 1.00. The summed E-state index contributed by atoms with van der Waals surface area (Å²) in [6, 6.07) is 0.877. The van der Waals surface area contributed by atoms with Crippen molar-refractivity contribution >= 4 is 0 Å². The van der Waals surface area contributed by atoms with Gasteiger partial charge in [0.2, 0.25) is 0 Å². The standard InChI is InChI=1S/C17H36N2/c1-4-13-18-14-7-5-6-8-15-19(3)17-11-9-16(2)10-12-17/h16-18H,4-15H2,1-3H3. The predicted octanol–water partition coefficient (Wildman–Crippen LogP) is 4.06. The second kappa shape index (κ2) is 10.7. The maximum atomic E-state index is 3.48. The summed E-state index contributed by atoms with van der Waals surface area (Å²) >= 11 is 0. The molecule has 2 heteroatoms. The zero-order chi connectivity index (χ0) is 13.9. The highest BCUT2D eigenvalue weighted by atomic mass is 15.1. The van der Waals surface area contributed by atoms with Gasteiger partial charge in [0.25, 0.3) is 0 Å². The van der Waals surface area contributed by atoms with Crippen molar-refractivity contribution in [1.82, 2.24) is 10.2 Å². The van der Waals surface area contributed by atoms with Gasteiger partial charge in [0, 0.05) is 6.04 Å². The highest BCUT2D eigenvalue weighted by Crippen LogP contribution is 2.26. The molecule has 1 N–H and O–H groups in total. The van der Waals surface area contributed by atoms with E-state index in [9.17, 15) is 0 Å². The molecule has 0 unspecified atom stereocenters. The molecule has 0 aliphatic heterocycles. The smallest absolute Gasteiger partial charge is 0.00924 e. The zero-order valence-electron chi connectivity index (χ0n) is 13.6. The second-order valence-electron chi connectivity index (χ2n) is 6.56. The van der Waals surface area contributed by atoms with Crippen LogP contribution in [0, 0.1) is 5.92 Å². The molecule has 0 bridgehead atoms. The van der Waals surface area contributed by atoms with Crippen molar-refractivity contribution < 1.29 is 0 Å². The quantitative estimate of drug-likeness (QED) is 0.601. The first-order valence-corrected chi connectivity index (χ1v) is 8.65. The van der Waals surface area contributed by atoms with Gasteiger partial charge >= 0.3 is 0 Å². The van der Waals surface area contributed by atoms with Crippen LogP contribution in [0.1, 0.15) is 71.6 Å². The van der Waals surface area contributed by atoms with E-state index in [1.165, 1.54) is 77.4 Å². The molecule has 0 saturated heterocycles. The Kier molecular flexibility index (Phi) is 9.54. The summed E-state index contributed by atoms with van der Waals surface area (Å²) < 4.78 is 0. The van der Waals surface area contributed by atoms with Crippen molar-refractivity contribution in [2.45, 2.75) is 77.7 Å². The SMILES string of the molecule is CCCNCCCCCCN(C)C1CCC(C)CC1. The van der Waals surface area contributed by atoms with Gasteiger partial charge in [-0.25, -0.2) is 0 Å². The first kappa shape index (κ1) is 17.0. The van der Waals surface area contributed by atoms with E-state index in [0.29, 0.717) is 0 Å². The fourth-order valence-corrected chi connectivity index (χ4v) is 3.13. The third kappa shape index (κ3) is 7.94. The summed E-state index contributed by atoms with van der Waals surface area (Å²) in [5.41, 5.74) is 0. The van der Waals surface area contributed by atoms with Crippen LogP contribution in [0.2, 0.25) is 0 Å². The van der Waals surface area contributed by atoms with Crippen LogP contribution in [0.15, 0.2) is 0 Å². The molecule has 114 valence electrons. The Morgan fingerprint density at radius 3 is 2.32 bits per heavy atom. The normalized spacial score (nSPS) is 24.0. The molecule has 0 aromatic heterocycles. The second-order valence-corrected chi connectivity index (χ2v) is 6.56. The van der Waals surface area contributed by atoms with Crippen molar-refractivity contribution in [3.05, 3.63) is 0 Å². The van der Waals surface area contributed by atoms with Crippen molar-refractivity contribution in [2.75, 3.05) is 26.7 Å². The van der Waals surface area contributed by atoms with E-state index in [-0.39, 0.29) is 0 Å². The van der Waals surface area contributed by atoms with E-state index in [4.69, 9.17) is 0 Å². The van der Waals surface area contributed by atoms with E-state index >= 15 is 0 Å². The van der Waals surface area contributed by atoms with Crippen LogP contribution in [-0.4, -0.2) is 37.6 Å². The topological polar surface area (TPSA) is 15.3 Å². The third-order valence-corrected chi connectivity index (χ3v) is 4.65. The zero-order valence-corrected chi connectivity index (χ0v) is 13.6. The van der Waals surface area contributed by atoms with Crippen molar-refractivity contribution in [2.24, 2.45) is 5.92 Å². The van der Waals surface area contributed by atoms with E-state index in [2.05, 4.69) is 31.1 Å². The van der Waals surface area contributed by atoms with E-state index < -0.39 is 0 Å². The minimum absolute atomic E-state index is 0.877. The molecule has 1 aliphatic rings. The molecule has 1 rings (SSSR count). The number of unbranched alkanes of at least 4 members (excludes halogenated alkanes) is 3. The van der Waals surface area contributed by atoms with Crippen LogP contribution in [0.25, 0.3) is 0 Å². The Morgan fingerprint density at radius 1 is 0.947 bits per heavy atom. The molecule has 0 aromatic rings. The van der Waals surface area contributed by atoms with Gasteiger partial charge in [-0.15, -0.1) is 0 Å². The molecule has 2 nitrogen and oxygen atoms in total. The lowest BCUT2D eigenvalue weighted by atomic mass is 9.87. The Hall–Kier alpha value is -0.0800. The van der Waals surface area contributed by atoms with Gasteiger partial charge in [-0.05, 0) is 77.5 Å². The van der Waals surface area contributed by atoms with E-state index in [1.54, 1.807) is 0 Å². The Labute approximate surface area is 121 Å². The van der Waals surface area contributed by atoms with Gasteiger partial charge in [0.05, 0.1) is 0 Å². The van der Waals surface area contributed by atoms with Crippen LogP contribution < -0.4 is 5.32 Å². The summed E-state index contributed by atoms with van der Waals surface area (Å²) in [5.74, 6) is 0.972. The molecular formula is C17H36N2. The minimum Gasteiger partial charge on any atom is -0.317 e. The first-order valence-electron chi connectivity index (χ1n) is 8.65. The Morgan fingerprint density at radius 2 is 1.63 bits per heavy atom. The molecule has 0 radical (unpaired) electrons. The summed E-state index contributed by atoms with van der Waals surface area (Å²) in [5, 5.41) is 3.48. The van der Waals surface area contributed by atoms with Crippen LogP contribution in [0.5, 0.6) is 0 Å². The first-order chi connectivity index (χ1) is 9.24. The van der Waals surface area contributed by atoms with Gasteiger partial charge in [0.15, 0.2) is 0 Å². The van der Waals surface area contributed by atoms with Gasteiger partial charge in [-0.3, -0.25) is 0 Å². The van der Waals surface area contributed by atoms with Crippen LogP contribution in [0.4, 0.5) is 0 Å². The molecule has 0 heterocycles. The lowest BCUT2D eigenvalue weighted by Gasteiger charge is -2.33. The molecule has 0 spiro atoms. The van der Waals surface area contributed by atoms with E-state index in [1.807, 2.05) is 0 Å². The lowest BCUT2D eigenvalue weighted by molar-refractivity contribution is 0.167. The summed E-state index contributed by atoms with van der Waals surface area (Å²) in [6.45, 7) is 8.34. The van der Waals surface area contributed by atoms with Crippen molar-refractivity contribution in [3.63, 3.8) is 0 Å². The Balaban J connectivity index is 1.91. The lowest BCUT2D eigenvalue weighted by Crippen LogP contribution is -2.35. The highest BCUT2D eigenvalue weighted by molar-refractivity contribution is 4.76. The molecule has 19 heavy (non-hydrogen) atoms. The molecule has 1 saturated carbocycles. The number of nitrogens with zero attached hydrogens (tertiary/aromatic N) is 1. The van der Waals surface area contributed by atoms with Crippen molar-refractivity contribution in [1.29, 1.82) is 0 Å². The monoisotopic (exact) mass is 268 g/mol. The number of hydrogen-bond donors (Lipinski definition) is 1. The van der Waals surface area contributed by atoms with Gasteiger partial charge in [-0.2, -0.15) is 0 Å². The minimum atomic E-state index is 0.877. The fourth-order valence-electron chi connectivity index (χ4n) is 3.13. The molecule has 0 amide bonds. The van der Waals surface area contributed by atoms with Crippen LogP contribution in [0.3, 0.4) is 0 Å². The summed E-state index contributed by atoms with van der Waals surface area (Å²) in [7, 11) is 2.34. The van der Waals surface area contributed by atoms with Crippen LogP contribution >= 0.6 is 0 Å². The van der Waals surface area contributed by atoms with Gasteiger partial charge < -0.3 is 10.2 Å². The molecule has 0 atom stereocenters. The predicted molar refractivity (Wildman–Crippen MR) is 85.7 cm³/mol. The molecular weight excluding hydrogens is 232 g/mol. The highest BCUT2D eigenvalue weighted by Gasteiger charge is 2.20. The van der Waals surface area contributed by atoms with Crippen molar-refractivity contribution in [3.8, 4) is 0 Å². The molecule has 0 aromatic carbocycles. The Bertz CT molecular complexity index is 197. The largest absolute Gasteiger partial charge is 0.317 e. The summed E-state index contributed by atoms with van der Waals surface area (Å²) in [4.78, 5) is 2.63. The molecule has 1 aliphatic carbocycles.